The molecule has 1 atom stereocenters. The summed E-state index contributed by atoms with van der Waals surface area (Å²) in [6, 6.07) is 30.7. The molecule has 1 aromatic heterocycles. The summed E-state index contributed by atoms with van der Waals surface area (Å²) in [6.07, 6.45) is 3.04. The van der Waals surface area contributed by atoms with E-state index in [2.05, 4.69) is 46.3 Å². The molecule has 1 N–H and O–H groups in total. The highest BCUT2D eigenvalue weighted by Gasteiger charge is 2.26. The molecule has 0 amide bonds. The first-order valence-electron chi connectivity index (χ1n) is 11.4. The lowest BCUT2D eigenvalue weighted by molar-refractivity contribution is 0.159. The minimum atomic E-state index is -0.671. The van der Waals surface area contributed by atoms with Gasteiger partial charge in [0.25, 0.3) is 0 Å². The summed E-state index contributed by atoms with van der Waals surface area (Å²) < 4.78 is 6.04. The van der Waals surface area contributed by atoms with Crippen LogP contribution in [-0.2, 0) is 13.1 Å². The van der Waals surface area contributed by atoms with E-state index in [4.69, 9.17) is 4.74 Å². The lowest BCUT2D eigenvalue weighted by Crippen LogP contribution is -2.25. The molecule has 1 unspecified atom stereocenters. The molecule has 0 bridgehead atoms. The Morgan fingerprint density at radius 2 is 1.58 bits per heavy atom. The standard InChI is InChI=1S/C29H28N2O2/c32-29(28(23-9-3-1-4-10-23)24-11-5-2-6-12-24)25-13-14-27-26(18-25)21-31(16-17-33-27)20-22-8-7-15-30-19-22/h1-15,18-19,28-29,32H,16-17,20-21H2. The first kappa shape index (κ1) is 21.4. The summed E-state index contributed by atoms with van der Waals surface area (Å²) in [4.78, 5) is 6.61. The zero-order valence-corrected chi connectivity index (χ0v) is 18.5. The second-order valence-electron chi connectivity index (χ2n) is 8.53. The predicted molar refractivity (Wildman–Crippen MR) is 130 cm³/mol. The largest absolute Gasteiger partial charge is 0.492 e. The van der Waals surface area contributed by atoms with Crippen molar-refractivity contribution in [1.82, 2.24) is 9.88 Å². The highest BCUT2D eigenvalue weighted by Crippen LogP contribution is 2.38. The normalized spacial score (nSPS) is 14.8. The van der Waals surface area contributed by atoms with Crippen molar-refractivity contribution >= 4 is 0 Å². The summed E-state index contributed by atoms with van der Waals surface area (Å²) >= 11 is 0. The highest BCUT2D eigenvalue weighted by atomic mass is 16.5. The number of aliphatic hydroxyl groups is 1. The average molecular weight is 437 g/mol. The number of benzene rings is 3. The fourth-order valence-electron chi connectivity index (χ4n) is 4.61. The second-order valence-corrected chi connectivity index (χ2v) is 8.53. The van der Waals surface area contributed by atoms with Gasteiger partial charge in [-0.2, -0.15) is 0 Å². The van der Waals surface area contributed by atoms with Crippen LogP contribution in [0.3, 0.4) is 0 Å². The van der Waals surface area contributed by atoms with Crippen LogP contribution in [0.15, 0.2) is 103 Å². The fourth-order valence-corrected chi connectivity index (χ4v) is 4.61. The molecule has 0 aliphatic carbocycles. The minimum Gasteiger partial charge on any atom is -0.492 e. The highest BCUT2D eigenvalue weighted by molar-refractivity contribution is 5.42. The molecule has 0 fully saturated rings. The van der Waals surface area contributed by atoms with Gasteiger partial charge < -0.3 is 9.84 Å². The smallest absolute Gasteiger partial charge is 0.123 e. The van der Waals surface area contributed by atoms with Gasteiger partial charge in [0.1, 0.15) is 12.4 Å². The maximum Gasteiger partial charge on any atom is 0.123 e. The maximum absolute atomic E-state index is 11.6. The Balaban J connectivity index is 1.44. The van der Waals surface area contributed by atoms with Crippen LogP contribution in [0.4, 0.5) is 0 Å². The van der Waals surface area contributed by atoms with Crippen molar-refractivity contribution in [3.05, 3.63) is 131 Å². The van der Waals surface area contributed by atoms with Crippen LogP contribution in [0.2, 0.25) is 0 Å². The van der Waals surface area contributed by atoms with Gasteiger partial charge in [-0.05, 0) is 40.5 Å². The molecule has 33 heavy (non-hydrogen) atoms. The van der Waals surface area contributed by atoms with Crippen LogP contribution in [0.5, 0.6) is 5.75 Å². The van der Waals surface area contributed by atoms with Crippen molar-refractivity contribution in [2.24, 2.45) is 0 Å². The van der Waals surface area contributed by atoms with Gasteiger partial charge in [0.2, 0.25) is 0 Å². The zero-order valence-electron chi connectivity index (χ0n) is 18.5. The van der Waals surface area contributed by atoms with Crippen LogP contribution in [0.1, 0.15) is 39.8 Å². The molecule has 0 saturated carbocycles. The predicted octanol–water partition coefficient (Wildman–Crippen LogP) is 5.34. The summed E-state index contributed by atoms with van der Waals surface area (Å²) in [7, 11) is 0. The van der Waals surface area contributed by atoms with Crippen molar-refractivity contribution in [3.8, 4) is 5.75 Å². The Hall–Kier alpha value is -3.47. The Labute approximate surface area is 195 Å². The van der Waals surface area contributed by atoms with Crippen LogP contribution in [0.25, 0.3) is 0 Å². The average Bonchev–Trinajstić information content (AvgIpc) is 3.07. The lowest BCUT2D eigenvalue weighted by atomic mass is 9.83. The Morgan fingerprint density at radius 3 is 2.24 bits per heavy atom. The van der Waals surface area contributed by atoms with Gasteiger partial charge in [-0.3, -0.25) is 9.88 Å². The Morgan fingerprint density at radius 1 is 0.848 bits per heavy atom. The number of pyridine rings is 1. The SMILES string of the molecule is OC(c1ccc2c(c1)CN(Cc1cccnc1)CCO2)C(c1ccccc1)c1ccccc1. The number of rotatable bonds is 6. The molecule has 5 rings (SSSR count). The fraction of sp³-hybridized carbons (Fsp3) is 0.207. The molecule has 4 heteroatoms. The molecular formula is C29H28N2O2. The number of fused-ring (bicyclic) bond motifs is 1. The number of aromatic nitrogens is 1. The van der Waals surface area contributed by atoms with E-state index in [1.54, 1.807) is 6.20 Å². The summed E-state index contributed by atoms with van der Waals surface area (Å²) in [6.45, 7) is 3.08. The van der Waals surface area contributed by atoms with Gasteiger partial charge >= 0.3 is 0 Å². The third kappa shape index (κ3) is 4.98. The molecule has 1 aliphatic rings. The molecular weight excluding hydrogens is 408 g/mol. The Bertz CT molecular complexity index is 1130. The van der Waals surface area contributed by atoms with Crippen LogP contribution in [-0.4, -0.2) is 28.1 Å². The molecule has 4 aromatic rings. The van der Waals surface area contributed by atoms with E-state index in [0.717, 1.165) is 47.6 Å². The first-order valence-corrected chi connectivity index (χ1v) is 11.4. The van der Waals surface area contributed by atoms with Crippen molar-refractivity contribution in [1.29, 1.82) is 0 Å². The molecule has 0 saturated heterocycles. The zero-order chi connectivity index (χ0) is 22.5. The number of hydrogen-bond donors (Lipinski definition) is 1. The van der Waals surface area contributed by atoms with E-state index < -0.39 is 6.10 Å². The molecule has 4 nitrogen and oxygen atoms in total. The lowest BCUT2D eigenvalue weighted by Gasteiger charge is -2.25. The molecule has 3 aromatic carbocycles. The van der Waals surface area contributed by atoms with Gasteiger partial charge in [-0.25, -0.2) is 0 Å². The Kier molecular flexibility index (Phi) is 6.47. The molecule has 166 valence electrons. The molecule has 2 heterocycles. The monoisotopic (exact) mass is 436 g/mol. The van der Waals surface area contributed by atoms with Gasteiger partial charge in [-0.1, -0.05) is 72.8 Å². The molecule has 0 radical (unpaired) electrons. The van der Waals surface area contributed by atoms with Crippen LogP contribution >= 0.6 is 0 Å². The van der Waals surface area contributed by atoms with E-state index in [1.165, 1.54) is 5.56 Å². The summed E-state index contributed by atoms with van der Waals surface area (Å²) in [5.74, 6) is 0.749. The summed E-state index contributed by atoms with van der Waals surface area (Å²) in [5, 5.41) is 11.6. The van der Waals surface area contributed by atoms with E-state index in [9.17, 15) is 5.11 Å². The van der Waals surface area contributed by atoms with E-state index >= 15 is 0 Å². The van der Waals surface area contributed by atoms with Crippen LogP contribution < -0.4 is 4.74 Å². The van der Waals surface area contributed by atoms with Gasteiger partial charge in [0, 0.05) is 43.5 Å². The van der Waals surface area contributed by atoms with Gasteiger partial charge in [0.05, 0.1) is 6.10 Å². The number of aliphatic hydroxyl groups excluding tert-OH is 1. The minimum absolute atomic E-state index is 0.149. The van der Waals surface area contributed by atoms with Gasteiger partial charge in [0.15, 0.2) is 0 Å². The number of hydrogen-bond acceptors (Lipinski definition) is 4. The third-order valence-corrected chi connectivity index (χ3v) is 6.25. The van der Waals surface area contributed by atoms with Crippen molar-refractivity contribution < 1.29 is 9.84 Å². The topological polar surface area (TPSA) is 45.6 Å². The number of ether oxygens (including phenoxy) is 1. The number of nitrogens with zero attached hydrogens (tertiary/aromatic N) is 2. The molecule has 1 aliphatic heterocycles. The molecule has 0 spiro atoms. The van der Waals surface area contributed by atoms with Crippen LogP contribution in [0, 0.1) is 0 Å². The quantitative estimate of drug-likeness (QED) is 0.443. The van der Waals surface area contributed by atoms with E-state index in [-0.39, 0.29) is 5.92 Å². The van der Waals surface area contributed by atoms with E-state index in [0.29, 0.717) is 6.61 Å². The summed E-state index contributed by atoms with van der Waals surface area (Å²) in [5.41, 5.74) is 5.39. The maximum atomic E-state index is 11.6. The van der Waals surface area contributed by atoms with E-state index in [1.807, 2.05) is 60.8 Å². The van der Waals surface area contributed by atoms with Crippen molar-refractivity contribution in [2.75, 3.05) is 13.2 Å². The first-order chi connectivity index (χ1) is 16.3. The second kappa shape index (κ2) is 9.99. The van der Waals surface area contributed by atoms with Crippen molar-refractivity contribution in [3.63, 3.8) is 0 Å². The third-order valence-electron chi connectivity index (χ3n) is 6.25. The van der Waals surface area contributed by atoms with Gasteiger partial charge in [-0.15, -0.1) is 0 Å². The van der Waals surface area contributed by atoms with Crippen molar-refractivity contribution in [2.45, 2.75) is 25.1 Å².